The lowest BCUT2D eigenvalue weighted by Gasteiger charge is -2.22. The topological polar surface area (TPSA) is 82.6 Å². The van der Waals surface area contributed by atoms with E-state index in [9.17, 15) is 8.42 Å². The van der Waals surface area contributed by atoms with Gasteiger partial charge in [0, 0.05) is 18.6 Å². The molecule has 2 rings (SSSR count). The van der Waals surface area contributed by atoms with Gasteiger partial charge in [0.15, 0.2) is 5.96 Å². The lowest BCUT2D eigenvalue weighted by atomic mass is 10.1. The third-order valence-electron chi connectivity index (χ3n) is 3.49. The molecular weight excluding hydrogens is 507 g/mol. The molecule has 1 aromatic heterocycles. The maximum atomic E-state index is 12.7. The Kier molecular flexibility index (Phi) is 9.88. The third kappa shape index (κ3) is 8.06. The normalized spacial score (nSPS) is 12.4. The molecule has 0 saturated heterocycles. The number of sulfonamides is 1. The van der Waals surface area contributed by atoms with E-state index in [1.807, 2.05) is 51.3 Å². The number of benzene rings is 1. The van der Waals surface area contributed by atoms with Crippen LogP contribution in [0.15, 0.2) is 51.0 Å². The molecule has 156 valence electrons. The van der Waals surface area contributed by atoms with Gasteiger partial charge in [-0.1, -0.05) is 18.2 Å². The summed E-state index contributed by atoms with van der Waals surface area (Å²) in [5, 5.41) is 10.5. The molecule has 1 aromatic carbocycles. The van der Waals surface area contributed by atoms with Crippen molar-refractivity contribution >= 4 is 51.3 Å². The zero-order chi connectivity index (χ0) is 19.9. The highest BCUT2D eigenvalue weighted by atomic mass is 127. The fraction of sp³-hybridized carbons (Fsp3) is 0.421. The van der Waals surface area contributed by atoms with E-state index in [1.54, 1.807) is 23.5 Å². The number of hydrogen-bond acceptors (Lipinski definition) is 4. The van der Waals surface area contributed by atoms with Crippen LogP contribution in [0.4, 0.5) is 0 Å². The van der Waals surface area contributed by atoms with E-state index in [2.05, 4.69) is 25.7 Å². The molecule has 28 heavy (non-hydrogen) atoms. The molecule has 3 N–H and O–H groups in total. The Labute approximate surface area is 189 Å². The molecule has 1 heterocycles. The smallest absolute Gasteiger partial charge is 0.241 e. The Bertz CT molecular complexity index is 860. The monoisotopic (exact) mass is 536 g/mol. The highest BCUT2D eigenvalue weighted by Crippen LogP contribution is 2.17. The van der Waals surface area contributed by atoms with Crippen LogP contribution in [-0.2, 0) is 23.1 Å². The SMILES string of the molecule is CCNC(=NCc1ccsc1)NCc1ccccc1S(=O)(=O)NC(C)(C)C.I. The van der Waals surface area contributed by atoms with Gasteiger partial charge in [-0.2, -0.15) is 11.3 Å². The molecule has 2 aromatic rings. The number of rotatable bonds is 7. The Morgan fingerprint density at radius 3 is 2.46 bits per heavy atom. The number of halogens is 1. The van der Waals surface area contributed by atoms with Crippen molar-refractivity contribution in [2.75, 3.05) is 6.54 Å². The first-order chi connectivity index (χ1) is 12.7. The van der Waals surface area contributed by atoms with Crippen molar-refractivity contribution in [2.24, 2.45) is 4.99 Å². The van der Waals surface area contributed by atoms with Gasteiger partial charge in [0.05, 0.1) is 11.4 Å². The summed E-state index contributed by atoms with van der Waals surface area (Å²) in [5.41, 5.74) is 1.29. The van der Waals surface area contributed by atoms with Crippen LogP contribution in [0.3, 0.4) is 0 Å². The van der Waals surface area contributed by atoms with Crippen LogP contribution in [0.25, 0.3) is 0 Å². The van der Waals surface area contributed by atoms with Crippen molar-refractivity contribution < 1.29 is 8.42 Å². The molecule has 0 atom stereocenters. The highest BCUT2D eigenvalue weighted by Gasteiger charge is 2.24. The molecule has 0 unspecified atom stereocenters. The summed E-state index contributed by atoms with van der Waals surface area (Å²) < 4.78 is 28.2. The molecule has 0 amide bonds. The van der Waals surface area contributed by atoms with Crippen molar-refractivity contribution in [3.63, 3.8) is 0 Å². The lowest BCUT2D eigenvalue weighted by Crippen LogP contribution is -2.41. The molecular formula is C19H29IN4O2S2. The molecule has 9 heteroatoms. The minimum atomic E-state index is -3.61. The van der Waals surface area contributed by atoms with Gasteiger partial charge in [-0.05, 0) is 61.7 Å². The van der Waals surface area contributed by atoms with Crippen LogP contribution in [-0.4, -0.2) is 26.5 Å². The Hall–Kier alpha value is -1.17. The number of nitrogens with one attached hydrogen (secondary N) is 3. The zero-order valence-electron chi connectivity index (χ0n) is 16.7. The van der Waals surface area contributed by atoms with E-state index in [0.717, 1.165) is 12.1 Å². The van der Waals surface area contributed by atoms with Crippen molar-refractivity contribution in [1.82, 2.24) is 15.4 Å². The van der Waals surface area contributed by atoms with Crippen LogP contribution in [0.5, 0.6) is 0 Å². The third-order valence-corrected chi connectivity index (χ3v) is 6.08. The van der Waals surface area contributed by atoms with Crippen LogP contribution in [0, 0.1) is 0 Å². The first kappa shape index (κ1) is 24.9. The summed E-state index contributed by atoms with van der Waals surface area (Å²) in [6, 6.07) is 9.05. The number of guanidine groups is 1. The lowest BCUT2D eigenvalue weighted by molar-refractivity contribution is 0.491. The molecule has 0 bridgehead atoms. The summed E-state index contributed by atoms with van der Waals surface area (Å²) in [4.78, 5) is 4.84. The van der Waals surface area contributed by atoms with Gasteiger partial charge in [-0.15, -0.1) is 24.0 Å². The van der Waals surface area contributed by atoms with Crippen molar-refractivity contribution in [3.8, 4) is 0 Å². The second-order valence-electron chi connectivity index (χ2n) is 7.14. The standard InChI is InChI=1S/C19H28N4O2S2.HI/c1-5-20-18(21-12-15-10-11-26-14-15)22-13-16-8-6-7-9-17(16)27(24,25)23-19(2,3)4;/h6-11,14,23H,5,12-13H2,1-4H3,(H2,20,21,22);1H. The van der Waals surface area contributed by atoms with E-state index in [0.29, 0.717) is 24.6 Å². The van der Waals surface area contributed by atoms with E-state index < -0.39 is 15.6 Å². The Morgan fingerprint density at radius 2 is 1.86 bits per heavy atom. The van der Waals surface area contributed by atoms with Crippen LogP contribution < -0.4 is 15.4 Å². The maximum absolute atomic E-state index is 12.7. The van der Waals surface area contributed by atoms with Gasteiger partial charge < -0.3 is 10.6 Å². The van der Waals surface area contributed by atoms with Gasteiger partial charge >= 0.3 is 0 Å². The van der Waals surface area contributed by atoms with Gasteiger partial charge in [0.2, 0.25) is 10.0 Å². The predicted octanol–water partition coefficient (Wildman–Crippen LogP) is 3.70. The fourth-order valence-corrected chi connectivity index (χ4v) is 4.76. The molecule has 0 aliphatic carbocycles. The molecule has 0 aliphatic heterocycles. The molecule has 0 spiro atoms. The number of aliphatic imine (C=N–C) groups is 1. The van der Waals surface area contributed by atoms with Crippen molar-refractivity contribution in [1.29, 1.82) is 0 Å². The minimum Gasteiger partial charge on any atom is -0.357 e. The quantitative estimate of drug-likeness (QED) is 0.287. The van der Waals surface area contributed by atoms with E-state index >= 15 is 0 Å². The van der Waals surface area contributed by atoms with E-state index in [4.69, 9.17) is 0 Å². The zero-order valence-corrected chi connectivity index (χ0v) is 20.6. The van der Waals surface area contributed by atoms with Gasteiger partial charge in [-0.25, -0.2) is 18.1 Å². The van der Waals surface area contributed by atoms with Crippen LogP contribution >= 0.6 is 35.3 Å². The van der Waals surface area contributed by atoms with E-state index in [1.165, 1.54) is 0 Å². The minimum absolute atomic E-state index is 0. The van der Waals surface area contributed by atoms with Crippen LogP contribution in [0.2, 0.25) is 0 Å². The average Bonchev–Trinajstić information content (AvgIpc) is 3.09. The first-order valence-electron chi connectivity index (χ1n) is 8.86. The second kappa shape index (κ2) is 11.1. The maximum Gasteiger partial charge on any atom is 0.241 e. The highest BCUT2D eigenvalue weighted by molar-refractivity contribution is 14.0. The fourth-order valence-electron chi connectivity index (χ4n) is 2.44. The van der Waals surface area contributed by atoms with Gasteiger partial charge in [0.1, 0.15) is 0 Å². The van der Waals surface area contributed by atoms with Crippen molar-refractivity contribution in [2.45, 2.75) is 51.2 Å². The summed E-state index contributed by atoms with van der Waals surface area (Å²) in [7, 11) is -3.61. The summed E-state index contributed by atoms with van der Waals surface area (Å²) >= 11 is 1.64. The molecule has 0 fully saturated rings. The molecule has 0 saturated carbocycles. The molecule has 0 radical (unpaired) electrons. The molecule has 0 aliphatic rings. The Morgan fingerprint density at radius 1 is 1.14 bits per heavy atom. The average molecular weight is 537 g/mol. The summed E-state index contributed by atoms with van der Waals surface area (Å²) in [5.74, 6) is 0.652. The number of hydrogen-bond donors (Lipinski definition) is 3. The van der Waals surface area contributed by atoms with Gasteiger partial charge in [0.25, 0.3) is 0 Å². The van der Waals surface area contributed by atoms with Crippen LogP contribution in [0.1, 0.15) is 38.8 Å². The van der Waals surface area contributed by atoms with E-state index in [-0.39, 0.29) is 28.9 Å². The predicted molar refractivity (Wildman–Crippen MR) is 128 cm³/mol. The van der Waals surface area contributed by atoms with Gasteiger partial charge in [-0.3, -0.25) is 0 Å². The summed E-state index contributed by atoms with van der Waals surface area (Å²) in [6.07, 6.45) is 0. The number of thiophene rings is 1. The second-order valence-corrected chi connectivity index (χ2v) is 9.57. The van der Waals surface area contributed by atoms with Crippen molar-refractivity contribution in [3.05, 3.63) is 52.2 Å². The summed E-state index contributed by atoms with van der Waals surface area (Å²) in [6.45, 7) is 9.12. The Balaban J connectivity index is 0.00000392. The largest absolute Gasteiger partial charge is 0.357 e. The number of nitrogens with zero attached hydrogens (tertiary/aromatic N) is 1. The molecule has 6 nitrogen and oxygen atoms in total. The first-order valence-corrected chi connectivity index (χ1v) is 11.3.